The molecule has 2 N–H and O–H groups in total. The average Bonchev–Trinajstić information content (AvgIpc) is 3.06. The third-order valence-corrected chi connectivity index (χ3v) is 4.25. The number of fused-ring (bicyclic) bond motifs is 1. The summed E-state index contributed by atoms with van der Waals surface area (Å²) in [7, 11) is 0. The van der Waals surface area contributed by atoms with E-state index in [9.17, 15) is 0 Å². The molecule has 0 fully saturated rings. The van der Waals surface area contributed by atoms with Gasteiger partial charge in [-0.3, -0.25) is 9.97 Å². The summed E-state index contributed by atoms with van der Waals surface area (Å²) in [6.45, 7) is 1.98. The molecule has 4 aromatic rings. The van der Waals surface area contributed by atoms with E-state index in [0.29, 0.717) is 6.42 Å². The first-order valence-corrected chi connectivity index (χ1v) is 8.28. The molecule has 5 heteroatoms. The molecule has 124 valence electrons. The molecule has 0 aliphatic heterocycles. The van der Waals surface area contributed by atoms with Crippen LogP contribution in [-0.4, -0.2) is 19.7 Å². The molecule has 0 aliphatic carbocycles. The molecular formula is C20H19N5. The maximum atomic E-state index is 6.48. The summed E-state index contributed by atoms with van der Waals surface area (Å²) in [6.07, 6.45) is 4.26. The lowest BCUT2D eigenvalue weighted by Crippen LogP contribution is -2.18. The van der Waals surface area contributed by atoms with Crippen molar-refractivity contribution in [2.75, 3.05) is 0 Å². The van der Waals surface area contributed by atoms with Crippen LogP contribution in [0.15, 0.2) is 67.0 Å². The quantitative estimate of drug-likeness (QED) is 0.623. The van der Waals surface area contributed by atoms with Gasteiger partial charge in [-0.25, -0.2) is 4.68 Å². The molecule has 25 heavy (non-hydrogen) atoms. The van der Waals surface area contributed by atoms with Gasteiger partial charge in [-0.05, 0) is 37.3 Å². The molecule has 0 radical (unpaired) electrons. The maximum Gasteiger partial charge on any atom is 0.0884 e. The zero-order valence-corrected chi connectivity index (χ0v) is 14.0. The molecule has 4 rings (SSSR count). The smallest absolute Gasteiger partial charge is 0.0884 e. The summed E-state index contributed by atoms with van der Waals surface area (Å²) in [6, 6.07) is 17.8. The van der Waals surface area contributed by atoms with Gasteiger partial charge in [-0.2, -0.15) is 5.10 Å². The summed E-state index contributed by atoms with van der Waals surface area (Å²) in [5.74, 6) is 0. The van der Waals surface area contributed by atoms with E-state index in [-0.39, 0.29) is 6.04 Å². The molecule has 1 aromatic carbocycles. The van der Waals surface area contributed by atoms with E-state index in [2.05, 4.69) is 15.1 Å². The fraction of sp³-hybridized carbons (Fsp3) is 0.150. The topological polar surface area (TPSA) is 69.6 Å². The van der Waals surface area contributed by atoms with Crippen LogP contribution in [0.3, 0.4) is 0 Å². The second kappa shape index (κ2) is 6.45. The Labute approximate surface area is 146 Å². The van der Waals surface area contributed by atoms with E-state index < -0.39 is 0 Å². The minimum absolute atomic E-state index is 0.256. The Morgan fingerprint density at radius 3 is 2.80 bits per heavy atom. The summed E-state index contributed by atoms with van der Waals surface area (Å²) >= 11 is 0. The molecule has 5 nitrogen and oxygen atoms in total. The lowest BCUT2D eigenvalue weighted by molar-refractivity contribution is 0.671. The van der Waals surface area contributed by atoms with Crippen LogP contribution in [0.4, 0.5) is 0 Å². The predicted octanol–water partition coefficient (Wildman–Crippen LogP) is 3.37. The Balaban J connectivity index is 1.74. The Hall–Kier alpha value is -3.05. The number of nitrogens with two attached hydrogens (primary N) is 1. The van der Waals surface area contributed by atoms with E-state index in [1.165, 1.54) is 0 Å². The van der Waals surface area contributed by atoms with Gasteiger partial charge in [0.15, 0.2) is 0 Å². The molecule has 1 unspecified atom stereocenters. The fourth-order valence-electron chi connectivity index (χ4n) is 3.07. The van der Waals surface area contributed by atoms with Crippen molar-refractivity contribution >= 4 is 10.9 Å². The number of pyridine rings is 2. The maximum absolute atomic E-state index is 6.48. The summed E-state index contributed by atoms with van der Waals surface area (Å²) in [4.78, 5) is 9.10. The largest absolute Gasteiger partial charge is 0.322 e. The number of aryl methyl sites for hydroxylation is 1. The summed E-state index contributed by atoms with van der Waals surface area (Å²) in [5, 5.41) is 5.62. The van der Waals surface area contributed by atoms with Gasteiger partial charge in [-0.1, -0.05) is 24.3 Å². The summed E-state index contributed by atoms with van der Waals surface area (Å²) < 4.78 is 1.90. The minimum atomic E-state index is -0.256. The fourth-order valence-corrected chi connectivity index (χ4v) is 3.07. The zero-order chi connectivity index (χ0) is 17.2. The first-order chi connectivity index (χ1) is 12.2. The van der Waals surface area contributed by atoms with Crippen molar-refractivity contribution in [1.29, 1.82) is 0 Å². The Morgan fingerprint density at radius 2 is 1.92 bits per heavy atom. The predicted molar refractivity (Wildman–Crippen MR) is 98.5 cm³/mol. The Kier molecular flexibility index (Phi) is 3.99. The van der Waals surface area contributed by atoms with Crippen LogP contribution in [-0.2, 0) is 6.42 Å². The number of para-hydroxylation sites is 1. The summed E-state index contributed by atoms with van der Waals surface area (Å²) in [5.41, 5.74) is 11.2. The molecule has 0 saturated carbocycles. The van der Waals surface area contributed by atoms with Gasteiger partial charge in [0, 0.05) is 29.4 Å². The van der Waals surface area contributed by atoms with E-state index in [1.54, 1.807) is 6.20 Å². The molecule has 0 amide bonds. The van der Waals surface area contributed by atoms with Crippen LogP contribution in [0.2, 0.25) is 0 Å². The van der Waals surface area contributed by atoms with Crippen molar-refractivity contribution in [3.05, 3.63) is 84.1 Å². The number of hydrogen-bond acceptors (Lipinski definition) is 4. The van der Waals surface area contributed by atoms with Gasteiger partial charge in [-0.15, -0.1) is 0 Å². The second-order valence-corrected chi connectivity index (χ2v) is 6.10. The van der Waals surface area contributed by atoms with Gasteiger partial charge in [0.05, 0.1) is 29.1 Å². The van der Waals surface area contributed by atoms with Crippen molar-refractivity contribution in [1.82, 2.24) is 19.7 Å². The molecule has 1 atom stereocenters. The van der Waals surface area contributed by atoms with Gasteiger partial charge in [0.1, 0.15) is 0 Å². The molecular weight excluding hydrogens is 310 g/mol. The minimum Gasteiger partial charge on any atom is -0.322 e. The van der Waals surface area contributed by atoms with Gasteiger partial charge in [0.25, 0.3) is 0 Å². The van der Waals surface area contributed by atoms with Crippen LogP contribution < -0.4 is 5.73 Å². The first kappa shape index (κ1) is 15.5. The van der Waals surface area contributed by atoms with Crippen LogP contribution in [0.5, 0.6) is 0 Å². The van der Waals surface area contributed by atoms with Crippen LogP contribution in [0, 0.1) is 6.92 Å². The number of hydrogen-bond donors (Lipinski definition) is 1. The number of benzene rings is 1. The van der Waals surface area contributed by atoms with Gasteiger partial charge in [0.2, 0.25) is 0 Å². The standard InChI is InChI=1S/C20H19N5/c1-14-6-4-8-16(24-14)12-17(21)20-19(10-5-11-22-20)25-18-9-3-2-7-15(18)13-23-25/h2-11,13,17H,12,21H2,1H3. The molecule has 0 spiro atoms. The Bertz CT molecular complexity index is 1020. The van der Waals surface area contributed by atoms with Crippen LogP contribution >= 0.6 is 0 Å². The number of aromatic nitrogens is 4. The monoisotopic (exact) mass is 329 g/mol. The molecule has 3 heterocycles. The molecule has 0 aliphatic rings. The zero-order valence-electron chi connectivity index (χ0n) is 14.0. The highest BCUT2D eigenvalue weighted by atomic mass is 15.3. The normalized spacial score (nSPS) is 12.4. The van der Waals surface area contributed by atoms with Crippen molar-refractivity contribution < 1.29 is 0 Å². The van der Waals surface area contributed by atoms with Crippen LogP contribution in [0.1, 0.15) is 23.1 Å². The van der Waals surface area contributed by atoms with Crippen molar-refractivity contribution in [3.63, 3.8) is 0 Å². The third-order valence-electron chi connectivity index (χ3n) is 4.25. The van der Waals surface area contributed by atoms with E-state index in [1.807, 2.05) is 72.4 Å². The average molecular weight is 329 g/mol. The van der Waals surface area contributed by atoms with E-state index in [4.69, 9.17) is 5.73 Å². The number of rotatable bonds is 4. The van der Waals surface area contributed by atoms with Crippen molar-refractivity contribution in [3.8, 4) is 5.69 Å². The second-order valence-electron chi connectivity index (χ2n) is 6.10. The molecule has 0 bridgehead atoms. The van der Waals surface area contributed by atoms with E-state index >= 15 is 0 Å². The number of nitrogens with zero attached hydrogens (tertiary/aromatic N) is 4. The highest BCUT2D eigenvalue weighted by Gasteiger charge is 2.17. The Morgan fingerprint density at radius 1 is 1.04 bits per heavy atom. The highest BCUT2D eigenvalue weighted by Crippen LogP contribution is 2.24. The third kappa shape index (κ3) is 3.02. The molecule has 0 saturated heterocycles. The lowest BCUT2D eigenvalue weighted by Gasteiger charge is -2.16. The first-order valence-electron chi connectivity index (χ1n) is 8.28. The molecule has 3 aromatic heterocycles. The van der Waals surface area contributed by atoms with Crippen molar-refractivity contribution in [2.24, 2.45) is 5.73 Å². The van der Waals surface area contributed by atoms with Crippen molar-refractivity contribution in [2.45, 2.75) is 19.4 Å². The van der Waals surface area contributed by atoms with Crippen LogP contribution in [0.25, 0.3) is 16.6 Å². The van der Waals surface area contributed by atoms with Gasteiger partial charge >= 0.3 is 0 Å². The SMILES string of the molecule is Cc1cccc(CC(N)c2ncccc2-n2ncc3ccccc32)n1. The van der Waals surface area contributed by atoms with Gasteiger partial charge < -0.3 is 5.73 Å². The highest BCUT2D eigenvalue weighted by molar-refractivity contribution is 5.80. The van der Waals surface area contributed by atoms with E-state index in [0.717, 1.165) is 33.7 Å². The lowest BCUT2D eigenvalue weighted by atomic mass is 10.1.